The van der Waals surface area contributed by atoms with E-state index in [9.17, 15) is 0 Å². The Kier molecular flexibility index (Phi) is 5.40. The van der Waals surface area contributed by atoms with E-state index in [1.54, 1.807) is 7.11 Å². The van der Waals surface area contributed by atoms with Gasteiger partial charge in [-0.2, -0.15) is 0 Å². The highest BCUT2D eigenvalue weighted by Crippen LogP contribution is 2.28. The monoisotopic (exact) mass is 413 g/mol. The maximum atomic E-state index is 5.56. The van der Waals surface area contributed by atoms with Gasteiger partial charge < -0.3 is 4.74 Å². The zero-order chi connectivity index (χ0) is 21.2. The van der Waals surface area contributed by atoms with Gasteiger partial charge in [0.25, 0.3) is 0 Å². The number of ether oxygens (including phenoxy) is 1. The predicted octanol–water partition coefficient (Wildman–Crippen LogP) is 3.89. The number of imidazole rings is 1. The number of rotatable bonds is 5. The first-order valence-electron chi connectivity index (χ1n) is 10.7. The number of fused-ring (bicyclic) bond motifs is 1. The maximum absolute atomic E-state index is 5.56. The van der Waals surface area contributed by atoms with E-state index in [1.807, 2.05) is 36.7 Å². The van der Waals surface area contributed by atoms with Crippen molar-refractivity contribution in [2.24, 2.45) is 0 Å². The van der Waals surface area contributed by atoms with Gasteiger partial charge in [-0.05, 0) is 37.4 Å². The van der Waals surface area contributed by atoms with Gasteiger partial charge in [-0.15, -0.1) is 0 Å². The van der Waals surface area contributed by atoms with E-state index < -0.39 is 0 Å². The first kappa shape index (κ1) is 19.7. The summed E-state index contributed by atoms with van der Waals surface area (Å²) in [5, 5.41) is 0. The summed E-state index contributed by atoms with van der Waals surface area (Å²) in [6.45, 7) is 3.85. The van der Waals surface area contributed by atoms with Gasteiger partial charge in [0.05, 0.1) is 24.5 Å². The van der Waals surface area contributed by atoms with Gasteiger partial charge in [-0.1, -0.05) is 24.3 Å². The minimum atomic E-state index is 0.244. The molecule has 0 N–H and O–H groups in total. The molecular formula is C25H27N5O. The highest BCUT2D eigenvalue weighted by molar-refractivity contribution is 5.63. The molecule has 1 saturated heterocycles. The molecule has 31 heavy (non-hydrogen) atoms. The molecule has 0 aliphatic carbocycles. The Morgan fingerprint density at radius 3 is 2.68 bits per heavy atom. The van der Waals surface area contributed by atoms with Crippen LogP contribution < -0.4 is 4.74 Å². The normalized spacial score (nSPS) is 17.8. The molecule has 4 heterocycles. The molecule has 0 radical (unpaired) electrons. The Morgan fingerprint density at radius 2 is 1.84 bits per heavy atom. The Balaban J connectivity index is 1.43. The van der Waals surface area contributed by atoms with Crippen molar-refractivity contribution in [1.82, 2.24) is 24.2 Å². The number of methoxy groups -OCH3 is 1. The van der Waals surface area contributed by atoms with Gasteiger partial charge in [0.1, 0.15) is 11.4 Å². The topological polar surface area (TPSA) is 45.9 Å². The van der Waals surface area contributed by atoms with Crippen LogP contribution in [0.4, 0.5) is 0 Å². The molecule has 158 valence electrons. The van der Waals surface area contributed by atoms with Crippen molar-refractivity contribution in [1.29, 1.82) is 0 Å². The average Bonchev–Trinajstić information content (AvgIpc) is 3.25. The van der Waals surface area contributed by atoms with Gasteiger partial charge in [0.2, 0.25) is 0 Å². The van der Waals surface area contributed by atoms with Crippen LogP contribution in [-0.2, 0) is 6.54 Å². The standard InChI is InChI=1S/C25H27N5O/c1-28-14-15-29(16-20-6-3-4-8-24(20)31-2)18-23(28)21-17-30-22(7-5-9-25(30)27-21)19-10-12-26-13-11-19/h3-13,17,23H,14-16,18H2,1-2H3/t23-/m0/s1. The van der Waals surface area contributed by atoms with Crippen LogP contribution in [0.25, 0.3) is 16.9 Å². The van der Waals surface area contributed by atoms with E-state index in [0.717, 1.165) is 54.5 Å². The molecule has 0 amide bonds. The molecule has 1 fully saturated rings. The maximum Gasteiger partial charge on any atom is 0.137 e. The fraction of sp³-hybridized carbons (Fsp3) is 0.280. The largest absolute Gasteiger partial charge is 0.496 e. The minimum absolute atomic E-state index is 0.244. The second-order valence-corrected chi connectivity index (χ2v) is 8.08. The number of nitrogens with zero attached hydrogens (tertiary/aromatic N) is 5. The summed E-state index contributed by atoms with van der Waals surface area (Å²) in [4.78, 5) is 14.1. The van der Waals surface area contributed by atoms with Crippen LogP contribution >= 0.6 is 0 Å². The molecule has 1 aromatic carbocycles. The smallest absolute Gasteiger partial charge is 0.137 e. The van der Waals surface area contributed by atoms with E-state index in [2.05, 4.69) is 62.8 Å². The summed E-state index contributed by atoms with van der Waals surface area (Å²) < 4.78 is 7.75. The first-order valence-corrected chi connectivity index (χ1v) is 10.7. The van der Waals surface area contributed by atoms with Gasteiger partial charge in [0, 0.05) is 55.9 Å². The van der Waals surface area contributed by atoms with E-state index in [1.165, 1.54) is 5.56 Å². The first-order chi connectivity index (χ1) is 15.2. The number of hydrogen-bond donors (Lipinski definition) is 0. The third-order valence-electron chi connectivity index (χ3n) is 6.15. The van der Waals surface area contributed by atoms with E-state index in [-0.39, 0.29) is 6.04 Å². The summed E-state index contributed by atoms with van der Waals surface area (Å²) in [5.74, 6) is 0.952. The zero-order valence-corrected chi connectivity index (χ0v) is 18.0. The molecule has 0 spiro atoms. The second kappa shape index (κ2) is 8.49. The molecule has 3 aromatic heterocycles. The van der Waals surface area contributed by atoms with E-state index >= 15 is 0 Å². The van der Waals surface area contributed by atoms with Crippen molar-refractivity contribution in [2.45, 2.75) is 12.6 Å². The number of aromatic nitrogens is 3. The van der Waals surface area contributed by atoms with Crippen molar-refractivity contribution < 1.29 is 4.74 Å². The summed E-state index contributed by atoms with van der Waals surface area (Å²) in [6.07, 6.45) is 5.85. The summed E-state index contributed by atoms with van der Waals surface area (Å²) in [5.41, 5.74) is 5.57. The lowest BCUT2D eigenvalue weighted by Gasteiger charge is -2.38. The molecule has 6 nitrogen and oxygen atoms in total. The van der Waals surface area contributed by atoms with Crippen molar-refractivity contribution >= 4 is 5.65 Å². The van der Waals surface area contributed by atoms with Crippen molar-refractivity contribution in [3.8, 4) is 17.0 Å². The molecule has 4 aromatic rings. The number of benzene rings is 1. The lowest BCUT2D eigenvalue weighted by molar-refractivity contribution is 0.0880. The van der Waals surface area contributed by atoms with Crippen LogP contribution in [0.2, 0.25) is 0 Å². The average molecular weight is 414 g/mol. The number of para-hydroxylation sites is 1. The molecule has 1 atom stereocenters. The fourth-order valence-corrected chi connectivity index (χ4v) is 4.42. The number of piperazine rings is 1. The number of likely N-dealkylation sites (N-methyl/N-ethyl adjacent to an activating group) is 1. The van der Waals surface area contributed by atoms with Crippen molar-refractivity contribution in [3.63, 3.8) is 0 Å². The van der Waals surface area contributed by atoms with Gasteiger partial charge >= 0.3 is 0 Å². The van der Waals surface area contributed by atoms with E-state index in [4.69, 9.17) is 9.72 Å². The molecular weight excluding hydrogens is 386 g/mol. The quantitative estimate of drug-likeness (QED) is 0.497. The lowest BCUT2D eigenvalue weighted by atomic mass is 10.1. The van der Waals surface area contributed by atoms with Gasteiger partial charge in [-0.3, -0.25) is 19.2 Å². The number of pyridine rings is 2. The molecule has 5 rings (SSSR count). The van der Waals surface area contributed by atoms with Crippen LogP contribution in [0.15, 0.2) is 73.2 Å². The lowest BCUT2D eigenvalue weighted by Crippen LogP contribution is -2.46. The third-order valence-corrected chi connectivity index (χ3v) is 6.15. The molecule has 1 aliphatic rings. The van der Waals surface area contributed by atoms with Crippen molar-refractivity contribution in [3.05, 3.63) is 84.4 Å². The molecule has 0 saturated carbocycles. The van der Waals surface area contributed by atoms with Crippen LogP contribution in [0.1, 0.15) is 17.3 Å². The van der Waals surface area contributed by atoms with Gasteiger partial charge in [-0.25, -0.2) is 4.98 Å². The van der Waals surface area contributed by atoms with Crippen LogP contribution in [0, 0.1) is 0 Å². The summed E-state index contributed by atoms with van der Waals surface area (Å²) in [7, 11) is 3.93. The molecule has 1 aliphatic heterocycles. The predicted molar refractivity (Wildman–Crippen MR) is 122 cm³/mol. The van der Waals surface area contributed by atoms with Crippen LogP contribution in [-0.4, -0.2) is 58.0 Å². The highest BCUT2D eigenvalue weighted by atomic mass is 16.5. The number of hydrogen-bond acceptors (Lipinski definition) is 5. The van der Waals surface area contributed by atoms with Crippen molar-refractivity contribution in [2.75, 3.05) is 33.8 Å². The Labute approximate surface area is 182 Å². The fourth-order valence-electron chi connectivity index (χ4n) is 4.42. The Morgan fingerprint density at radius 1 is 1.00 bits per heavy atom. The van der Waals surface area contributed by atoms with Crippen LogP contribution in [0.5, 0.6) is 5.75 Å². The molecule has 0 bridgehead atoms. The molecule has 0 unspecified atom stereocenters. The van der Waals surface area contributed by atoms with Crippen LogP contribution in [0.3, 0.4) is 0 Å². The minimum Gasteiger partial charge on any atom is -0.496 e. The Hall–Kier alpha value is -3.22. The molecule has 6 heteroatoms. The SMILES string of the molecule is COc1ccccc1CN1CCN(C)[C@H](c2cn3c(-c4ccncc4)cccc3n2)C1. The summed E-state index contributed by atoms with van der Waals surface area (Å²) >= 11 is 0. The Bertz CT molecular complexity index is 1170. The van der Waals surface area contributed by atoms with Gasteiger partial charge in [0.15, 0.2) is 0 Å². The third kappa shape index (κ3) is 3.92. The zero-order valence-electron chi connectivity index (χ0n) is 18.0. The van der Waals surface area contributed by atoms with E-state index in [0.29, 0.717) is 0 Å². The highest BCUT2D eigenvalue weighted by Gasteiger charge is 2.28. The second-order valence-electron chi connectivity index (χ2n) is 8.08. The summed E-state index contributed by atoms with van der Waals surface area (Å²) in [6, 6.07) is 18.9.